The number of carbonyl (C=O) groups excluding carboxylic acids is 1. The van der Waals surface area contributed by atoms with Crippen molar-refractivity contribution in [3.05, 3.63) is 30.1 Å². The number of hydrogen-bond acceptors (Lipinski definition) is 1. The number of nitrogens with one attached hydrogen (secondary N) is 1. The van der Waals surface area contributed by atoms with Crippen LogP contribution in [0.4, 0.5) is 14.9 Å². The molecule has 13 heavy (non-hydrogen) atoms. The Kier molecular flexibility index (Phi) is 2.84. The maximum atomic E-state index is 12.9. The largest absolute Gasteiger partial charge is 0.331 e. The fraction of sp³-hybridized carbons (Fsp3) is 0.222. The Bertz CT molecular complexity index is 312. The summed E-state index contributed by atoms with van der Waals surface area (Å²) >= 11 is 0. The molecule has 1 N–H and O–H groups in total. The molecule has 0 saturated carbocycles. The summed E-state index contributed by atoms with van der Waals surface area (Å²) in [4.78, 5) is 12.4. The Morgan fingerprint density at radius 2 is 2.31 bits per heavy atom. The number of benzene rings is 1. The van der Waals surface area contributed by atoms with Crippen molar-refractivity contribution in [2.75, 3.05) is 19.4 Å². The van der Waals surface area contributed by atoms with E-state index in [1.54, 1.807) is 20.2 Å². The minimum atomic E-state index is -0.558. The first kappa shape index (κ1) is 9.51. The molecule has 1 aromatic rings. The Hall–Kier alpha value is -1.58. The lowest BCUT2D eigenvalue weighted by molar-refractivity contribution is 0.230. The summed E-state index contributed by atoms with van der Waals surface area (Å²) in [6, 6.07) is 6.51. The van der Waals surface area contributed by atoms with Crippen LogP contribution in [0, 0.1) is 11.9 Å². The molecule has 0 atom stereocenters. The van der Waals surface area contributed by atoms with Crippen molar-refractivity contribution in [3.8, 4) is 0 Å². The van der Waals surface area contributed by atoms with Crippen molar-refractivity contribution < 1.29 is 9.18 Å². The van der Waals surface area contributed by atoms with Crippen molar-refractivity contribution >= 4 is 11.7 Å². The summed E-state index contributed by atoms with van der Waals surface area (Å²) in [6.07, 6.45) is 0. The summed E-state index contributed by atoms with van der Waals surface area (Å²) in [7, 11) is 3.17. The van der Waals surface area contributed by atoms with E-state index in [0.717, 1.165) is 0 Å². The Balaban J connectivity index is 2.75. The van der Waals surface area contributed by atoms with E-state index in [9.17, 15) is 9.18 Å². The van der Waals surface area contributed by atoms with Crippen LogP contribution < -0.4 is 5.32 Å². The molecule has 1 rings (SSSR count). The highest BCUT2D eigenvalue weighted by Gasteiger charge is 2.06. The number of nitrogens with zero attached hydrogens (tertiary/aromatic N) is 1. The van der Waals surface area contributed by atoms with Gasteiger partial charge in [-0.1, -0.05) is 12.1 Å². The van der Waals surface area contributed by atoms with Crippen molar-refractivity contribution in [2.24, 2.45) is 0 Å². The standard InChI is InChI=1S/C9H10FN2O/c1-12(2)9(13)11-8-6-4-3-5-7(8)10/h3-4,6H,1-2H3,(H,11,13). The molecule has 0 saturated heterocycles. The average Bonchev–Trinajstić information content (AvgIpc) is 2.08. The number of rotatable bonds is 1. The quantitative estimate of drug-likeness (QED) is 0.702. The first-order valence-electron chi connectivity index (χ1n) is 3.76. The van der Waals surface area contributed by atoms with Gasteiger partial charge in [-0.25, -0.2) is 9.18 Å². The van der Waals surface area contributed by atoms with Gasteiger partial charge in [0.05, 0.1) is 5.69 Å². The molecule has 0 aliphatic rings. The summed E-state index contributed by atoms with van der Waals surface area (Å²) in [5.41, 5.74) is 0.140. The predicted octanol–water partition coefficient (Wildman–Crippen LogP) is 1.72. The third kappa shape index (κ3) is 2.43. The number of carbonyl (C=O) groups is 1. The topological polar surface area (TPSA) is 32.3 Å². The van der Waals surface area contributed by atoms with E-state index in [1.165, 1.54) is 17.0 Å². The first-order chi connectivity index (χ1) is 6.11. The van der Waals surface area contributed by atoms with Crippen molar-refractivity contribution in [3.63, 3.8) is 0 Å². The molecule has 4 heteroatoms. The lowest BCUT2D eigenvalue weighted by Crippen LogP contribution is -2.27. The van der Waals surface area contributed by atoms with Gasteiger partial charge in [0.25, 0.3) is 0 Å². The van der Waals surface area contributed by atoms with Gasteiger partial charge >= 0.3 is 6.03 Å². The molecule has 1 radical (unpaired) electrons. The zero-order chi connectivity index (χ0) is 9.84. The maximum Gasteiger partial charge on any atom is 0.321 e. The van der Waals surface area contributed by atoms with E-state index < -0.39 is 5.82 Å². The van der Waals surface area contributed by atoms with Crippen molar-refractivity contribution in [2.45, 2.75) is 0 Å². The number of urea groups is 1. The minimum Gasteiger partial charge on any atom is -0.331 e. The molecule has 3 nitrogen and oxygen atoms in total. The third-order valence-electron chi connectivity index (χ3n) is 1.45. The molecular weight excluding hydrogens is 171 g/mol. The molecule has 0 unspecified atom stereocenters. The molecule has 0 heterocycles. The lowest BCUT2D eigenvalue weighted by atomic mass is 10.3. The van der Waals surface area contributed by atoms with Crippen LogP contribution in [-0.4, -0.2) is 25.0 Å². The van der Waals surface area contributed by atoms with Gasteiger partial charge in [0.15, 0.2) is 5.82 Å². The van der Waals surface area contributed by atoms with Crippen LogP contribution in [0.1, 0.15) is 0 Å². The van der Waals surface area contributed by atoms with Gasteiger partial charge in [-0.05, 0) is 6.07 Å². The summed E-state index contributed by atoms with van der Waals surface area (Å²) < 4.78 is 12.9. The molecule has 0 fully saturated rings. The summed E-state index contributed by atoms with van der Waals surface area (Å²) in [5, 5.41) is 2.39. The van der Waals surface area contributed by atoms with Crippen LogP contribution in [-0.2, 0) is 0 Å². The second kappa shape index (κ2) is 3.89. The van der Waals surface area contributed by atoms with E-state index in [-0.39, 0.29) is 11.7 Å². The lowest BCUT2D eigenvalue weighted by Gasteiger charge is -2.11. The summed E-state index contributed by atoms with van der Waals surface area (Å²) in [6.45, 7) is 0. The fourth-order valence-corrected chi connectivity index (χ4v) is 0.740. The molecule has 0 aliphatic heterocycles. The second-order valence-electron chi connectivity index (χ2n) is 2.72. The van der Waals surface area contributed by atoms with Crippen LogP contribution in [0.3, 0.4) is 0 Å². The van der Waals surface area contributed by atoms with E-state index in [0.29, 0.717) is 0 Å². The monoisotopic (exact) mass is 181 g/mol. The molecule has 2 amide bonds. The maximum absolute atomic E-state index is 12.9. The highest BCUT2D eigenvalue weighted by atomic mass is 19.1. The van der Waals surface area contributed by atoms with Crippen molar-refractivity contribution in [1.82, 2.24) is 4.90 Å². The van der Waals surface area contributed by atoms with E-state index in [2.05, 4.69) is 11.4 Å². The van der Waals surface area contributed by atoms with E-state index >= 15 is 0 Å². The molecule has 69 valence electrons. The molecule has 0 bridgehead atoms. The van der Waals surface area contributed by atoms with Crippen LogP contribution in [0.15, 0.2) is 18.2 Å². The van der Waals surface area contributed by atoms with Gasteiger partial charge in [0.2, 0.25) is 0 Å². The van der Waals surface area contributed by atoms with Crippen LogP contribution in [0.5, 0.6) is 0 Å². The Morgan fingerprint density at radius 1 is 1.62 bits per heavy atom. The summed E-state index contributed by atoms with van der Waals surface area (Å²) in [5.74, 6) is -0.558. The van der Waals surface area contributed by atoms with Gasteiger partial charge in [-0.15, -0.1) is 0 Å². The fourth-order valence-electron chi connectivity index (χ4n) is 0.740. The highest BCUT2D eigenvalue weighted by Crippen LogP contribution is 2.11. The van der Waals surface area contributed by atoms with Gasteiger partial charge in [-0.2, -0.15) is 0 Å². The third-order valence-corrected chi connectivity index (χ3v) is 1.45. The normalized spacial score (nSPS) is 9.46. The minimum absolute atomic E-state index is 0.140. The van der Waals surface area contributed by atoms with E-state index in [4.69, 9.17) is 0 Å². The zero-order valence-electron chi connectivity index (χ0n) is 7.47. The average molecular weight is 181 g/mol. The van der Waals surface area contributed by atoms with Gasteiger partial charge in [0.1, 0.15) is 0 Å². The molecule has 0 aromatic heterocycles. The number of halogens is 1. The van der Waals surface area contributed by atoms with Crippen LogP contribution in [0.2, 0.25) is 0 Å². The van der Waals surface area contributed by atoms with E-state index in [1.807, 2.05) is 0 Å². The first-order valence-corrected chi connectivity index (χ1v) is 3.76. The van der Waals surface area contributed by atoms with Crippen LogP contribution in [0.25, 0.3) is 0 Å². The van der Waals surface area contributed by atoms with Gasteiger partial charge < -0.3 is 10.2 Å². The highest BCUT2D eigenvalue weighted by molar-refractivity contribution is 5.88. The predicted molar refractivity (Wildman–Crippen MR) is 47.9 cm³/mol. The SMILES string of the molecule is CN(C)C(=O)Nc1ccc[c]c1F. The number of anilines is 1. The molecule has 0 aliphatic carbocycles. The van der Waals surface area contributed by atoms with Crippen LogP contribution >= 0.6 is 0 Å². The number of amides is 2. The number of hydrogen-bond donors (Lipinski definition) is 1. The zero-order valence-corrected chi connectivity index (χ0v) is 7.47. The molecular formula is C9H10FN2O. The molecule has 0 spiro atoms. The van der Waals surface area contributed by atoms with Gasteiger partial charge in [0, 0.05) is 20.2 Å². The van der Waals surface area contributed by atoms with Gasteiger partial charge in [-0.3, -0.25) is 0 Å². The smallest absolute Gasteiger partial charge is 0.321 e. The van der Waals surface area contributed by atoms with Crippen molar-refractivity contribution in [1.29, 1.82) is 0 Å². The second-order valence-corrected chi connectivity index (χ2v) is 2.72. The Labute approximate surface area is 76.2 Å². The Morgan fingerprint density at radius 3 is 2.85 bits per heavy atom. The molecule has 1 aromatic carbocycles.